The maximum absolute atomic E-state index is 12.7. The van der Waals surface area contributed by atoms with Crippen LogP contribution < -0.4 is 0 Å². The van der Waals surface area contributed by atoms with Gasteiger partial charge in [0.15, 0.2) is 0 Å². The van der Waals surface area contributed by atoms with Gasteiger partial charge in [0.2, 0.25) is 0 Å². The molecule has 0 radical (unpaired) electrons. The molecule has 0 aromatic carbocycles. The van der Waals surface area contributed by atoms with E-state index in [9.17, 15) is 9.18 Å². The van der Waals surface area contributed by atoms with Crippen molar-refractivity contribution < 1.29 is 13.9 Å². The summed E-state index contributed by atoms with van der Waals surface area (Å²) >= 11 is 0. The topological polar surface area (TPSA) is 26.3 Å². The Bertz CT molecular complexity index is 199. The largest absolute Gasteiger partial charge is 0.466 e. The molecule has 0 saturated carbocycles. The van der Waals surface area contributed by atoms with Crippen LogP contribution in [0, 0.1) is 5.92 Å². The number of hydrogen-bond donors (Lipinski definition) is 0. The molecule has 0 spiro atoms. The van der Waals surface area contributed by atoms with Crippen molar-refractivity contribution in [1.82, 2.24) is 0 Å². The van der Waals surface area contributed by atoms with Crippen molar-refractivity contribution in [3.8, 4) is 0 Å². The van der Waals surface area contributed by atoms with Crippen molar-refractivity contribution in [3.63, 3.8) is 0 Å². The van der Waals surface area contributed by atoms with Gasteiger partial charge in [-0.2, -0.15) is 0 Å². The molecule has 1 aliphatic carbocycles. The Morgan fingerprint density at radius 2 is 2.58 bits per heavy atom. The van der Waals surface area contributed by atoms with Gasteiger partial charge in [-0.1, -0.05) is 0 Å². The highest BCUT2D eigenvalue weighted by molar-refractivity contribution is 5.74. The second kappa shape index (κ2) is 4.24. The standard InChI is InChI=1S/C9H13FO2/c1-2-12-9(11)7-4-3-5-8(10)6-7/h6-7H,2-5H2,1H3. The number of allylic oxidation sites excluding steroid dienone is 1. The zero-order valence-corrected chi connectivity index (χ0v) is 7.18. The molecule has 1 rings (SSSR count). The third-order valence-corrected chi connectivity index (χ3v) is 1.90. The van der Waals surface area contributed by atoms with Crippen LogP contribution in [0.4, 0.5) is 4.39 Å². The molecule has 0 aromatic rings. The molecule has 2 nitrogen and oxygen atoms in total. The van der Waals surface area contributed by atoms with E-state index in [1.54, 1.807) is 6.92 Å². The quantitative estimate of drug-likeness (QED) is 0.597. The minimum atomic E-state index is -0.348. The average molecular weight is 172 g/mol. The normalized spacial score (nSPS) is 23.2. The van der Waals surface area contributed by atoms with Crippen LogP contribution in [0.2, 0.25) is 0 Å². The molecule has 3 heteroatoms. The van der Waals surface area contributed by atoms with Crippen LogP contribution in [0.3, 0.4) is 0 Å². The summed E-state index contributed by atoms with van der Waals surface area (Å²) in [5.41, 5.74) is 0. The molecule has 1 aliphatic rings. The van der Waals surface area contributed by atoms with E-state index in [0.29, 0.717) is 19.4 Å². The lowest BCUT2D eigenvalue weighted by atomic mass is 9.95. The number of hydrogen-bond acceptors (Lipinski definition) is 2. The van der Waals surface area contributed by atoms with Gasteiger partial charge < -0.3 is 4.74 Å². The zero-order valence-electron chi connectivity index (χ0n) is 7.18. The van der Waals surface area contributed by atoms with Gasteiger partial charge in [0.05, 0.1) is 18.4 Å². The van der Waals surface area contributed by atoms with E-state index >= 15 is 0 Å². The molecular weight excluding hydrogens is 159 g/mol. The first-order chi connectivity index (χ1) is 5.74. The number of carbonyl (C=O) groups excluding carboxylic acids is 1. The summed E-state index contributed by atoms with van der Waals surface area (Å²) in [5, 5.41) is 0. The highest BCUT2D eigenvalue weighted by Crippen LogP contribution is 2.24. The summed E-state index contributed by atoms with van der Waals surface area (Å²) in [4.78, 5) is 11.1. The van der Waals surface area contributed by atoms with Gasteiger partial charge in [-0.15, -0.1) is 0 Å². The van der Waals surface area contributed by atoms with E-state index in [2.05, 4.69) is 0 Å². The summed E-state index contributed by atoms with van der Waals surface area (Å²) in [5.74, 6) is -0.828. The van der Waals surface area contributed by atoms with Crippen molar-refractivity contribution in [1.29, 1.82) is 0 Å². The molecule has 1 atom stereocenters. The van der Waals surface area contributed by atoms with Crippen molar-refractivity contribution in [3.05, 3.63) is 11.9 Å². The van der Waals surface area contributed by atoms with Gasteiger partial charge in [-0.3, -0.25) is 4.79 Å². The van der Waals surface area contributed by atoms with E-state index in [4.69, 9.17) is 4.74 Å². The van der Waals surface area contributed by atoms with E-state index in [-0.39, 0.29) is 17.7 Å². The molecule has 0 heterocycles. The molecule has 0 aliphatic heterocycles. The summed E-state index contributed by atoms with van der Waals surface area (Å²) in [6, 6.07) is 0. The molecule has 0 bridgehead atoms. The van der Waals surface area contributed by atoms with Gasteiger partial charge in [0.25, 0.3) is 0 Å². The van der Waals surface area contributed by atoms with E-state index < -0.39 is 0 Å². The number of carbonyl (C=O) groups is 1. The minimum Gasteiger partial charge on any atom is -0.466 e. The predicted molar refractivity (Wildman–Crippen MR) is 43.2 cm³/mol. The molecule has 0 N–H and O–H groups in total. The lowest BCUT2D eigenvalue weighted by molar-refractivity contribution is -0.146. The molecular formula is C9H13FO2. The Hall–Kier alpha value is -0.860. The number of esters is 1. The molecule has 12 heavy (non-hydrogen) atoms. The molecule has 0 amide bonds. The molecule has 0 saturated heterocycles. The van der Waals surface area contributed by atoms with Crippen LogP contribution >= 0.6 is 0 Å². The van der Waals surface area contributed by atoms with Crippen molar-refractivity contribution in [2.75, 3.05) is 6.61 Å². The lowest BCUT2D eigenvalue weighted by Gasteiger charge is -2.15. The second-order valence-corrected chi connectivity index (χ2v) is 2.86. The van der Waals surface area contributed by atoms with Gasteiger partial charge in [-0.05, 0) is 32.3 Å². The first-order valence-electron chi connectivity index (χ1n) is 4.27. The van der Waals surface area contributed by atoms with Crippen LogP contribution in [0.25, 0.3) is 0 Å². The summed E-state index contributed by atoms with van der Waals surface area (Å²) in [7, 11) is 0. The van der Waals surface area contributed by atoms with Crippen molar-refractivity contribution in [2.45, 2.75) is 26.2 Å². The third-order valence-electron chi connectivity index (χ3n) is 1.90. The Balaban J connectivity index is 2.51. The van der Waals surface area contributed by atoms with E-state index in [0.717, 1.165) is 6.42 Å². The Morgan fingerprint density at radius 1 is 1.83 bits per heavy atom. The van der Waals surface area contributed by atoms with Crippen LogP contribution in [0.15, 0.2) is 11.9 Å². The van der Waals surface area contributed by atoms with Gasteiger partial charge in [0, 0.05) is 0 Å². The number of ether oxygens (including phenoxy) is 1. The molecule has 0 aromatic heterocycles. The molecule has 0 fully saturated rings. The average Bonchev–Trinajstić information content (AvgIpc) is 2.05. The fourth-order valence-corrected chi connectivity index (χ4v) is 1.31. The maximum atomic E-state index is 12.7. The lowest BCUT2D eigenvalue weighted by Crippen LogP contribution is -2.18. The number of rotatable bonds is 2. The molecule has 68 valence electrons. The summed E-state index contributed by atoms with van der Waals surface area (Å²) in [6.45, 7) is 2.12. The van der Waals surface area contributed by atoms with Gasteiger partial charge in [0.1, 0.15) is 0 Å². The van der Waals surface area contributed by atoms with Crippen LogP contribution in [-0.4, -0.2) is 12.6 Å². The van der Waals surface area contributed by atoms with Gasteiger partial charge in [-0.25, -0.2) is 4.39 Å². The van der Waals surface area contributed by atoms with Crippen LogP contribution in [-0.2, 0) is 9.53 Å². The summed E-state index contributed by atoms with van der Waals surface area (Å²) < 4.78 is 17.5. The maximum Gasteiger partial charge on any atom is 0.312 e. The second-order valence-electron chi connectivity index (χ2n) is 2.86. The Kier molecular flexibility index (Phi) is 3.26. The van der Waals surface area contributed by atoms with Crippen LogP contribution in [0.5, 0.6) is 0 Å². The summed E-state index contributed by atoms with van der Waals surface area (Å²) in [6.07, 6.45) is 3.30. The van der Waals surface area contributed by atoms with E-state index in [1.165, 1.54) is 6.08 Å². The number of halogens is 1. The van der Waals surface area contributed by atoms with Crippen molar-refractivity contribution >= 4 is 5.97 Å². The monoisotopic (exact) mass is 172 g/mol. The predicted octanol–water partition coefficient (Wildman–Crippen LogP) is 2.20. The smallest absolute Gasteiger partial charge is 0.312 e. The first-order valence-corrected chi connectivity index (χ1v) is 4.27. The Morgan fingerprint density at radius 3 is 3.17 bits per heavy atom. The Labute approximate surface area is 71.4 Å². The first kappa shape index (κ1) is 9.23. The minimum absolute atomic E-state index is 0.181. The SMILES string of the molecule is CCOC(=O)C1C=C(F)CCC1. The third kappa shape index (κ3) is 2.32. The highest BCUT2D eigenvalue weighted by Gasteiger charge is 2.21. The van der Waals surface area contributed by atoms with Gasteiger partial charge >= 0.3 is 5.97 Å². The molecule has 1 unspecified atom stereocenters. The van der Waals surface area contributed by atoms with Crippen molar-refractivity contribution in [2.24, 2.45) is 5.92 Å². The van der Waals surface area contributed by atoms with Crippen LogP contribution in [0.1, 0.15) is 26.2 Å². The zero-order chi connectivity index (χ0) is 8.97. The fourth-order valence-electron chi connectivity index (χ4n) is 1.31. The fraction of sp³-hybridized carbons (Fsp3) is 0.667. The highest BCUT2D eigenvalue weighted by atomic mass is 19.1. The van der Waals surface area contributed by atoms with E-state index in [1.807, 2.05) is 0 Å².